The molecule has 0 radical (unpaired) electrons. The first-order chi connectivity index (χ1) is 13.8. The van der Waals surface area contributed by atoms with E-state index in [1.165, 1.54) is 26.3 Å². The number of carbonyl (C=O) groups is 2. The summed E-state index contributed by atoms with van der Waals surface area (Å²) in [6.45, 7) is 0.182. The zero-order chi connectivity index (χ0) is 21.1. The zero-order valence-electron chi connectivity index (χ0n) is 15.4. The Balaban J connectivity index is 1.81. The van der Waals surface area contributed by atoms with Crippen LogP contribution < -0.4 is 9.47 Å². The maximum atomic E-state index is 12.1. The van der Waals surface area contributed by atoms with Crippen LogP contribution in [0.3, 0.4) is 0 Å². The second kappa shape index (κ2) is 8.66. The number of ether oxygens (including phenoxy) is 2. The van der Waals surface area contributed by atoms with E-state index in [9.17, 15) is 19.7 Å². The molecule has 1 aliphatic rings. The summed E-state index contributed by atoms with van der Waals surface area (Å²) in [4.78, 5) is 35.4. The Hall–Kier alpha value is -2.85. The molecule has 0 saturated carbocycles. The van der Waals surface area contributed by atoms with E-state index in [2.05, 4.69) is 15.9 Å². The minimum Gasteiger partial charge on any atom is -0.493 e. The van der Waals surface area contributed by atoms with Crippen molar-refractivity contribution in [2.75, 3.05) is 14.2 Å². The molecule has 1 aliphatic heterocycles. The quantitative estimate of drug-likeness (QED) is 0.339. The summed E-state index contributed by atoms with van der Waals surface area (Å²) < 4.78 is 11.8. The molecular formula is C19H15BrN2O6S. The van der Waals surface area contributed by atoms with E-state index in [0.29, 0.717) is 26.4 Å². The van der Waals surface area contributed by atoms with Crippen LogP contribution in [0.15, 0.2) is 45.8 Å². The minimum atomic E-state index is -0.462. The molecule has 8 nitrogen and oxygen atoms in total. The molecule has 2 aromatic carbocycles. The number of non-ortho nitro benzene ring substituents is 1. The van der Waals surface area contributed by atoms with Gasteiger partial charge in [-0.15, -0.1) is 0 Å². The predicted molar refractivity (Wildman–Crippen MR) is 112 cm³/mol. The Morgan fingerprint density at radius 3 is 2.48 bits per heavy atom. The van der Waals surface area contributed by atoms with Crippen LogP contribution in [0.2, 0.25) is 0 Å². The van der Waals surface area contributed by atoms with Crippen LogP contribution in [-0.2, 0) is 11.4 Å². The van der Waals surface area contributed by atoms with Gasteiger partial charge < -0.3 is 9.47 Å². The molecule has 3 rings (SSSR count). The van der Waals surface area contributed by atoms with Crippen molar-refractivity contribution in [2.45, 2.75) is 6.61 Å². The van der Waals surface area contributed by atoms with E-state index in [1.807, 2.05) is 0 Å². The van der Waals surface area contributed by atoms with Gasteiger partial charge in [0.1, 0.15) is 6.61 Å². The average molecular weight is 479 g/mol. The van der Waals surface area contributed by atoms with Crippen LogP contribution >= 0.6 is 27.7 Å². The molecule has 150 valence electrons. The van der Waals surface area contributed by atoms with Crippen LogP contribution in [0.1, 0.15) is 11.1 Å². The van der Waals surface area contributed by atoms with Gasteiger partial charge in [-0.3, -0.25) is 24.6 Å². The molecule has 1 fully saturated rings. The second-order valence-electron chi connectivity index (χ2n) is 5.99. The van der Waals surface area contributed by atoms with Gasteiger partial charge in [0.25, 0.3) is 16.8 Å². The molecular weight excluding hydrogens is 464 g/mol. The predicted octanol–water partition coefficient (Wildman–Crippen LogP) is 4.61. The summed E-state index contributed by atoms with van der Waals surface area (Å²) in [6, 6.07) is 9.50. The summed E-state index contributed by atoms with van der Waals surface area (Å²) in [6.07, 6.45) is 1.61. The Morgan fingerprint density at radius 2 is 1.93 bits per heavy atom. The normalized spacial score (nSPS) is 15.1. The number of likely N-dealkylation sites (N-methyl/N-ethyl adjacent to an activating group) is 1. The van der Waals surface area contributed by atoms with Gasteiger partial charge in [-0.25, -0.2) is 0 Å². The van der Waals surface area contributed by atoms with Gasteiger partial charge >= 0.3 is 0 Å². The summed E-state index contributed by atoms with van der Waals surface area (Å²) in [5, 5.41) is 10.4. The molecule has 0 aliphatic carbocycles. The highest BCUT2D eigenvalue weighted by atomic mass is 79.9. The number of hydrogen-bond acceptors (Lipinski definition) is 7. The molecule has 0 atom stereocenters. The second-order valence-corrected chi connectivity index (χ2v) is 7.83. The van der Waals surface area contributed by atoms with Gasteiger partial charge in [0.05, 0.1) is 21.4 Å². The number of rotatable bonds is 6. The fourth-order valence-electron chi connectivity index (χ4n) is 2.53. The molecule has 1 saturated heterocycles. The lowest BCUT2D eigenvalue weighted by Crippen LogP contribution is -2.22. The summed E-state index contributed by atoms with van der Waals surface area (Å²) in [5.41, 5.74) is 1.42. The number of carbonyl (C=O) groups excluding carboxylic acids is 2. The molecule has 0 unspecified atom stereocenters. The van der Waals surface area contributed by atoms with Crippen LogP contribution in [0.4, 0.5) is 10.5 Å². The van der Waals surface area contributed by atoms with E-state index in [1.54, 1.807) is 30.3 Å². The van der Waals surface area contributed by atoms with Crippen molar-refractivity contribution < 1.29 is 24.0 Å². The third-order valence-corrected chi connectivity index (χ3v) is 5.62. The van der Waals surface area contributed by atoms with Crippen molar-refractivity contribution in [1.29, 1.82) is 0 Å². The van der Waals surface area contributed by atoms with Crippen molar-refractivity contribution in [3.8, 4) is 11.5 Å². The zero-order valence-corrected chi connectivity index (χ0v) is 17.8. The molecule has 2 aromatic rings. The van der Waals surface area contributed by atoms with Crippen molar-refractivity contribution >= 4 is 50.6 Å². The highest BCUT2D eigenvalue weighted by Crippen LogP contribution is 2.39. The van der Waals surface area contributed by atoms with Crippen LogP contribution in [0.5, 0.6) is 11.5 Å². The van der Waals surface area contributed by atoms with Gasteiger partial charge in [-0.2, -0.15) is 0 Å². The first-order valence-corrected chi connectivity index (χ1v) is 9.86. The van der Waals surface area contributed by atoms with Gasteiger partial charge in [0.2, 0.25) is 0 Å². The monoisotopic (exact) mass is 478 g/mol. The number of amides is 2. The number of benzene rings is 2. The SMILES string of the molecule is COc1cc(/C=C2\SC(=O)N(C)C2=O)cc(Br)c1OCc1ccc([N+](=O)[O-])cc1. The summed E-state index contributed by atoms with van der Waals surface area (Å²) in [5.74, 6) is 0.531. The number of halogens is 1. The number of hydrogen-bond donors (Lipinski definition) is 0. The van der Waals surface area contributed by atoms with Crippen molar-refractivity contribution in [3.63, 3.8) is 0 Å². The third-order valence-electron chi connectivity index (χ3n) is 4.07. The molecule has 0 spiro atoms. The smallest absolute Gasteiger partial charge is 0.293 e. The fourth-order valence-corrected chi connectivity index (χ4v) is 3.93. The lowest BCUT2D eigenvalue weighted by Gasteiger charge is -2.14. The lowest BCUT2D eigenvalue weighted by molar-refractivity contribution is -0.384. The van der Waals surface area contributed by atoms with E-state index >= 15 is 0 Å². The number of methoxy groups -OCH3 is 1. The standard InChI is InChI=1S/C19H15BrN2O6S/c1-21-18(23)16(29-19(21)24)9-12-7-14(20)17(15(8-12)27-2)28-10-11-3-5-13(6-4-11)22(25)26/h3-9H,10H2,1-2H3/b16-9-. The van der Waals surface area contributed by atoms with E-state index in [-0.39, 0.29) is 23.4 Å². The Bertz CT molecular complexity index is 1020. The first-order valence-electron chi connectivity index (χ1n) is 8.25. The fraction of sp³-hybridized carbons (Fsp3) is 0.158. The van der Waals surface area contributed by atoms with Crippen LogP contribution in [-0.4, -0.2) is 35.1 Å². The summed E-state index contributed by atoms with van der Waals surface area (Å²) in [7, 11) is 2.92. The topological polar surface area (TPSA) is 99.0 Å². The molecule has 29 heavy (non-hydrogen) atoms. The highest BCUT2D eigenvalue weighted by Gasteiger charge is 2.31. The first kappa shape index (κ1) is 20.9. The Kier molecular flexibility index (Phi) is 6.23. The lowest BCUT2D eigenvalue weighted by atomic mass is 10.1. The van der Waals surface area contributed by atoms with Crippen molar-refractivity contribution in [3.05, 3.63) is 67.0 Å². The number of nitro benzene ring substituents is 1. The average Bonchev–Trinajstić information content (AvgIpc) is 2.93. The molecule has 0 aromatic heterocycles. The number of nitro groups is 1. The van der Waals surface area contributed by atoms with Crippen molar-refractivity contribution in [2.24, 2.45) is 0 Å². The molecule has 1 heterocycles. The molecule has 2 amide bonds. The van der Waals surface area contributed by atoms with E-state index in [0.717, 1.165) is 22.2 Å². The molecule has 0 bridgehead atoms. The van der Waals surface area contributed by atoms with Gasteiger partial charge in [0, 0.05) is 19.2 Å². The Morgan fingerprint density at radius 1 is 1.24 bits per heavy atom. The van der Waals surface area contributed by atoms with Gasteiger partial charge in [-0.1, -0.05) is 0 Å². The number of thioether (sulfide) groups is 1. The van der Waals surface area contributed by atoms with Gasteiger partial charge in [0.15, 0.2) is 11.5 Å². The number of nitrogens with zero attached hydrogens (tertiary/aromatic N) is 2. The van der Waals surface area contributed by atoms with Gasteiger partial charge in [-0.05, 0) is 69.2 Å². The van der Waals surface area contributed by atoms with Crippen LogP contribution in [0, 0.1) is 10.1 Å². The third kappa shape index (κ3) is 4.60. The van der Waals surface area contributed by atoms with Crippen LogP contribution in [0.25, 0.3) is 6.08 Å². The summed E-state index contributed by atoms with van der Waals surface area (Å²) >= 11 is 4.31. The maximum absolute atomic E-state index is 12.1. The highest BCUT2D eigenvalue weighted by molar-refractivity contribution is 9.10. The van der Waals surface area contributed by atoms with E-state index in [4.69, 9.17) is 9.47 Å². The van der Waals surface area contributed by atoms with E-state index < -0.39 is 4.92 Å². The Labute approximate surface area is 178 Å². The maximum Gasteiger partial charge on any atom is 0.293 e. The minimum absolute atomic E-state index is 0.00774. The molecule has 0 N–H and O–H groups in total. The van der Waals surface area contributed by atoms with Crippen molar-refractivity contribution in [1.82, 2.24) is 4.90 Å². The molecule has 10 heteroatoms. The largest absolute Gasteiger partial charge is 0.493 e. The number of imide groups is 1.